The number of sulfone groups is 1. The van der Waals surface area contributed by atoms with Crippen molar-refractivity contribution in [2.45, 2.75) is 23.8 Å². The molecule has 2 heterocycles. The standard InChI is InChI=1S/C13H16N2O3S2/c1-20(16,17)10-4-5-11-12(7-10)19-13(15-11)14-8-9-3-2-6-18-9/h4-5,7,9H,2-3,6,8H2,1H3,(H,14,15)/t9-/m0/s1. The highest BCUT2D eigenvalue weighted by atomic mass is 32.2. The SMILES string of the molecule is CS(=O)(=O)c1ccc2nc(NC[C@@H]3CCCO3)sc2c1. The molecule has 1 aliphatic heterocycles. The number of hydrogen-bond acceptors (Lipinski definition) is 6. The molecular weight excluding hydrogens is 296 g/mol. The summed E-state index contributed by atoms with van der Waals surface area (Å²) >= 11 is 1.47. The molecule has 5 nitrogen and oxygen atoms in total. The van der Waals surface area contributed by atoms with E-state index in [1.54, 1.807) is 18.2 Å². The highest BCUT2D eigenvalue weighted by Crippen LogP contribution is 2.28. The summed E-state index contributed by atoms with van der Waals surface area (Å²) in [6, 6.07) is 5.03. The van der Waals surface area contributed by atoms with Crippen LogP contribution in [0.4, 0.5) is 5.13 Å². The van der Waals surface area contributed by atoms with E-state index in [1.807, 2.05) is 0 Å². The summed E-state index contributed by atoms with van der Waals surface area (Å²) in [4.78, 5) is 4.79. The van der Waals surface area contributed by atoms with Crippen LogP contribution in [0.5, 0.6) is 0 Å². The number of thiazole rings is 1. The Morgan fingerprint density at radius 1 is 1.50 bits per heavy atom. The summed E-state index contributed by atoms with van der Waals surface area (Å²) in [6.45, 7) is 1.59. The minimum atomic E-state index is -3.17. The van der Waals surface area contributed by atoms with Gasteiger partial charge in [0.15, 0.2) is 15.0 Å². The largest absolute Gasteiger partial charge is 0.376 e. The van der Waals surface area contributed by atoms with Crippen LogP contribution in [0.1, 0.15) is 12.8 Å². The second-order valence-electron chi connectivity index (χ2n) is 4.94. The Hall–Kier alpha value is -1.18. The van der Waals surface area contributed by atoms with E-state index in [0.29, 0.717) is 4.90 Å². The van der Waals surface area contributed by atoms with E-state index in [1.165, 1.54) is 17.6 Å². The van der Waals surface area contributed by atoms with Gasteiger partial charge in [-0.2, -0.15) is 0 Å². The lowest BCUT2D eigenvalue weighted by Gasteiger charge is -2.08. The van der Waals surface area contributed by atoms with E-state index in [0.717, 1.165) is 41.3 Å². The monoisotopic (exact) mass is 312 g/mol. The third-order valence-electron chi connectivity index (χ3n) is 3.29. The van der Waals surface area contributed by atoms with Gasteiger partial charge in [-0.25, -0.2) is 13.4 Å². The van der Waals surface area contributed by atoms with Gasteiger partial charge in [0.2, 0.25) is 0 Å². The molecule has 7 heteroatoms. The molecule has 0 unspecified atom stereocenters. The smallest absolute Gasteiger partial charge is 0.183 e. The number of benzene rings is 1. The van der Waals surface area contributed by atoms with Crippen LogP contribution in [-0.2, 0) is 14.6 Å². The molecule has 1 atom stereocenters. The molecule has 1 aromatic carbocycles. The van der Waals surface area contributed by atoms with Crippen LogP contribution in [0.3, 0.4) is 0 Å². The summed E-state index contributed by atoms with van der Waals surface area (Å²) < 4.78 is 29.5. The minimum Gasteiger partial charge on any atom is -0.376 e. The van der Waals surface area contributed by atoms with Crippen LogP contribution >= 0.6 is 11.3 Å². The maximum atomic E-state index is 11.5. The van der Waals surface area contributed by atoms with E-state index in [9.17, 15) is 8.42 Å². The molecule has 0 bridgehead atoms. The molecule has 0 amide bonds. The van der Waals surface area contributed by atoms with Crippen LogP contribution in [-0.4, -0.2) is 38.9 Å². The van der Waals surface area contributed by atoms with Gasteiger partial charge in [-0.1, -0.05) is 11.3 Å². The topological polar surface area (TPSA) is 68.3 Å². The highest BCUT2D eigenvalue weighted by molar-refractivity contribution is 7.90. The van der Waals surface area contributed by atoms with Gasteiger partial charge in [0.05, 0.1) is 21.2 Å². The fourth-order valence-corrected chi connectivity index (χ4v) is 3.85. The van der Waals surface area contributed by atoms with Gasteiger partial charge in [0.25, 0.3) is 0 Å². The Bertz CT molecular complexity index is 718. The molecule has 20 heavy (non-hydrogen) atoms. The van der Waals surface area contributed by atoms with Crippen molar-refractivity contribution in [2.75, 3.05) is 24.7 Å². The predicted octanol–water partition coefficient (Wildman–Crippen LogP) is 2.29. The van der Waals surface area contributed by atoms with Gasteiger partial charge in [-0.3, -0.25) is 0 Å². The van der Waals surface area contributed by atoms with Crippen molar-refractivity contribution in [3.8, 4) is 0 Å². The maximum Gasteiger partial charge on any atom is 0.183 e. The van der Waals surface area contributed by atoms with Crippen molar-refractivity contribution < 1.29 is 13.2 Å². The fraction of sp³-hybridized carbons (Fsp3) is 0.462. The molecule has 0 radical (unpaired) electrons. The van der Waals surface area contributed by atoms with Crippen LogP contribution in [0.2, 0.25) is 0 Å². The molecule has 1 aromatic heterocycles. The number of nitrogens with one attached hydrogen (secondary N) is 1. The molecule has 1 N–H and O–H groups in total. The summed E-state index contributed by atoms with van der Waals surface area (Å²) in [5.74, 6) is 0. The molecule has 0 aliphatic carbocycles. The third-order valence-corrected chi connectivity index (χ3v) is 5.38. The average Bonchev–Trinajstić information content (AvgIpc) is 3.03. The van der Waals surface area contributed by atoms with Crippen molar-refractivity contribution >= 4 is 36.5 Å². The minimum absolute atomic E-state index is 0.258. The van der Waals surface area contributed by atoms with Crippen molar-refractivity contribution in [1.29, 1.82) is 0 Å². The molecule has 0 spiro atoms. The first-order valence-electron chi connectivity index (χ1n) is 6.48. The zero-order valence-corrected chi connectivity index (χ0v) is 12.8. The summed E-state index contributed by atoms with van der Waals surface area (Å²) in [5.41, 5.74) is 0.817. The molecule has 1 fully saturated rings. The van der Waals surface area contributed by atoms with E-state index in [2.05, 4.69) is 10.3 Å². The van der Waals surface area contributed by atoms with Gasteiger partial charge in [-0.15, -0.1) is 0 Å². The number of aromatic nitrogens is 1. The van der Waals surface area contributed by atoms with Gasteiger partial charge >= 0.3 is 0 Å². The van der Waals surface area contributed by atoms with Crippen molar-refractivity contribution in [1.82, 2.24) is 4.98 Å². The normalized spacial score (nSPS) is 19.6. The Kier molecular flexibility index (Phi) is 3.66. The second-order valence-corrected chi connectivity index (χ2v) is 7.98. The lowest BCUT2D eigenvalue weighted by atomic mass is 10.2. The zero-order chi connectivity index (χ0) is 14.2. The number of nitrogens with zero attached hydrogens (tertiary/aromatic N) is 1. The quantitative estimate of drug-likeness (QED) is 0.938. The Morgan fingerprint density at radius 3 is 3.05 bits per heavy atom. The first-order chi connectivity index (χ1) is 9.52. The lowest BCUT2D eigenvalue weighted by Crippen LogP contribution is -2.18. The van der Waals surface area contributed by atoms with Crippen LogP contribution in [0.25, 0.3) is 10.2 Å². The summed E-state index contributed by atoms with van der Waals surface area (Å²) in [7, 11) is -3.17. The number of ether oxygens (including phenoxy) is 1. The molecule has 1 saturated heterocycles. The van der Waals surface area contributed by atoms with Crippen LogP contribution < -0.4 is 5.32 Å². The van der Waals surface area contributed by atoms with E-state index < -0.39 is 9.84 Å². The molecule has 108 valence electrons. The van der Waals surface area contributed by atoms with Gasteiger partial charge in [-0.05, 0) is 31.0 Å². The van der Waals surface area contributed by atoms with E-state index in [-0.39, 0.29) is 6.10 Å². The first kappa shape index (κ1) is 13.8. The molecule has 0 saturated carbocycles. The maximum absolute atomic E-state index is 11.5. The predicted molar refractivity (Wildman–Crippen MR) is 80.2 cm³/mol. The fourth-order valence-electron chi connectivity index (χ4n) is 2.22. The first-order valence-corrected chi connectivity index (χ1v) is 9.19. The van der Waals surface area contributed by atoms with Crippen molar-refractivity contribution in [3.05, 3.63) is 18.2 Å². The van der Waals surface area contributed by atoms with Gasteiger partial charge in [0, 0.05) is 19.4 Å². The molecule has 2 aromatic rings. The van der Waals surface area contributed by atoms with Crippen LogP contribution in [0.15, 0.2) is 23.1 Å². The van der Waals surface area contributed by atoms with E-state index in [4.69, 9.17) is 4.74 Å². The van der Waals surface area contributed by atoms with Crippen molar-refractivity contribution in [2.24, 2.45) is 0 Å². The van der Waals surface area contributed by atoms with Gasteiger partial charge in [0.1, 0.15) is 0 Å². The third kappa shape index (κ3) is 2.94. The summed E-state index contributed by atoms with van der Waals surface area (Å²) in [6.07, 6.45) is 3.67. The zero-order valence-electron chi connectivity index (χ0n) is 11.1. The lowest BCUT2D eigenvalue weighted by molar-refractivity contribution is 0.120. The highest BCUT2D eigenvalue weighted by Gasteiger charge is 2.16. The summed E-state index contributed by atoms with van der Waals surface area (Å²) in [5, 5.41) is 4.07. The second kappa shape index (κ2) is 5.31. The van der Waals surface area contributed by atoms with Gasteiger partial charge < -0.3 is 10.1 Å². The molecule has 3 rings (SSSR count). The number of hydrogen-bond donors (Lipinski definition) is 1. The number of fused-ring (bicyclic) bond motifs is 1. The average molecular weight is 312 g/mol. The Balaban J connectivity index is 1.79. The Morgan fingerprint density at radius 2 is 2.35 bits per heavy atom. The number of anilines is 1. The molecular formula is C13H16N2O3S2. The van der Waals surface area contributed by atoms with Crippen LogP contribution in [0, 0.1) is 0 Å². The van der Waals surface area contributed by atoms with Crippen molar-refractivity contribution in [3.63, 3.8) is 0 Å². The Labute approximate surface area is 121 Å². The number of rotatable bonds is 4. The molecule has 1 aliphatic rings. The van der Waals surface area contributed by atoms with E-state index >= 15 is 0 Å².